The highest BCUT2D eigenvalue weighted by Crippen LogP contribution is 2.29. The van der Waals surface area contributed by atoms with Gasteiger partial charge in [-0.05, 0) is 41.9 Å². The van der Waals surface area contributed by atoms with Crippen LogP contribution in [-0.2, 0) is 0 Å². The molecule has 0 saturated heterocycles. The van der Waals surface area contributed by atoms with E-state index < -0.39 is 5.63 Å². The van der Waals surface area contributed by atoms with E-state index >= 15 is 0 Å². The molecule has 6 heteroatoms. The molecule has 0 amide bonds. The summed E-state index contributed by atoms with van der Waals surface area (Å²) in [5, 5.41) is 14.1. The lowest BCUT2D eigenvalue weighted by atomic mass is 10.2. The van der Waals surface area contributed by atoms with Crippen LogP contribution >= 0.6 is 15.9 Å². The average molecular weight is 337 g/mol. The summed E-state index contributed by atoms with van der Waals surface area (Å²) in [6.07, 6.45) is 0. The smallest absolute Gasteiger partial charge is 0.349 e. The van der Waals surface area contributed by atoms with Crippen LogP contribution in [0.3, 0.4) is 0 Å². The summed E-state index contributed by atoms with van der Waals surface area (Å²) in [7, 11) is 0. The quantitative estimate of drug-likeness (QED) is 0.666. The molecule has 1 aromatic carbocycles. The molecule has 20 heavy (non-hydrogen) atoms. The molecule has 0 aliphatic rings. The van der Waals surface area contributed by atoms with Crippen molar-refractivity contribution in [3.8, 4) is 5.75 Å². The van der Waals surface area contributed by atoms with Crippen LogP contribution in [0.5, 0.6) is 5.75 Å². The average Bonchev–Trinajstić information content (AvgIpc) is 2.44. The Morgan fingerprint density at radius 3 is 2.65 bits per heavy atom. The van der Waals surface area contributed by atoms with Gasteiger partial charge in [0.2, 0.25) is 0 Å². The Labute approximate surface area is 124 Å². The lowest BCUT2D eigenvalue weighted by Gasteiger charge is -2.07. The summed E-state index contributed by atoms with van der Waals surface area (Å²) < 4.78 is 5.37. The summed E-state index contributed by atoms with van der Waals surface area (Å²) >= 11 is 3.17. The van der Waals surface area contributed by atoms with Crippen LogP contribution < -0.4 is 11.1 Å². The number of rotatable bonds is 3. The second-order valence-corrected chi connectivity index (χ2v) is 4.95. The maximum absolute atomic E-state index is 11.8. The van der Waals surface area contributed by atoms with Gasteiger partial charge < -0.3 is 9.52 Å². The van der Waals surface area contributed by atoms with Crippen molar-refractivity contribution in [2.75, 3.05) is 5.43 Å². The minimum absolute atomic E-state index is 0.0332. The molecule has 0 aliphatic carbocycles. The number of nitrogens with one attached hydrogen (secondary N) is 1. The van der Waals surface area contributed by atoms with Gasteiger partial charge in [0.15, 0.2) is 0 Å². The van der Waals surface area contributed by atoms with Gasteiger partial charge in [-0.3, -0.25) is 5.43 Å². The fourth-order valence-corrected chi connectivity index (χ4v) is 1.92. The molecule has 2 rings (SSSR count). The number of aromatic hydroxyl groups is 1. The maximum atomic E-state index is 11.8. The van der Waals surface area contributed by atoms with Crippen LogP contribution in [0.4, 0.5) is 5.69 Å². The van der Waals surface area contributed by atoms with Crippen LogP contribution in [0, 0.1) is 6.92 Å². The number of aryl methyl sites for hydroxylation is 1. The Balaban J connectivity index is 2.37. The van der Waals surface area contributed by atoms with Crippen LogP contribution in [-0.4, -0.2) is 10.8 Å². The summed E-state index contributed by atoms with van der Waals surface area (Å²) in [6.45, 7) is 3.20. The standard InChI is InChI=1S/C14H13BrN2O3/c1-8(16-17-10-6-4-3-5-7-10)11-13(18)12(15)9(2)20-14(11)19/h3-7,17-18H,1-2H3. The van der Waals surface area contributed by atoms with E-state index in [4.69, 9.17) is 4.42 Å². The van der Waals surface area contributed by atoms with E-state index in [9.17, 15) is 9.90 Å². The predicted octanol–water partition coefficient (Wildman–Crippen LogP) is 3.25. The molecular formula is C14H13BrN2O3. The first-order valence-corrected chi connectivity index (χ1v) is 6.68. The van der Waals surface area contributed by atoms with Gasteiger partial charge in [0, 0.05) is 0 Å². The van der Waals surface area contributed by atoms with Crippen LogP contribution in [0.25, 0.3) is 0 Å². The Bertz CT molecular complexity index is 708. The zero-order valence-corrected chi connectivity index (χ0v) is 12.6. The third-order valence-corrected chi connectivity index (χ3v) is 3.63. The van der Waals surface area contributed by atoms with E-state index in [0.29, 0.717) is 15.9 Å². The molecule has 0 bridgehead atoms. The van der Waals surface area contributed by atoms with Gasteiger partial charge in [0.1, 0.15) is 17.1 Å². The summed E-state index contributed by atoms with van der Waals surface area (Å²) in [5.41, 5.74) is 3.33. The van der Waals surface area contributed by atoms with E-state index in [1.807, 2.05) is 30.3 Å². The van der Waals surface area contributed by atoms with Gasteiger partial charge in [-0.2, -0.15) is 5.10 Å². The van der Waals surface area contributed by atoms with Crippen molar-refractivity contribution in [1.29, 1.82) is 0 Å². The molecule has 0 radical (unpaired) electrons. The van der Waals surface area contributed by atoms with Gasteiger partial charge in [-0.1, -0.05) is 18.2 Å². The SMILES string of the molecule is CC(=NNc1ccccc1)c1c(O)c(Br)c(C)oc1=O. The van der Waals surface area contributed by atoms with Crippen LogP contribution in [0.1, 0.15) is 18.2 Å². The number of benzene rings is 1. The van der Waals surface area contributed by atoms with Gasteiger partial charge in [0.05, 0.1) is 15.9 Å². The molecule has 2 N–H and O–H groups in total. The summed E-state index contributed by atoms with van der Waals surface area (Å²) in [6, 6.07) is 9.29. The zero-order chi connectivity index (χ0) is 14.7. The Morgan fingerprint density at radius 1 is 1.35 bits per heavy atom. The molecule has 0 aliphatic heterocycles. The van der Waals surface area contributed by atoms with E-state index in [1.54, 1.807) is 13.8 Å². The number of hydrazone groups is 1. The van der Waals surface area contributed by atoms with Gasteiger partial charge >= 0.3 is 5.63 Å². The topological polar surface area (TPSA) is 74.8 Å². The van der Waals surface area contributed by atoms with Crippen LogP contribution in [0.15, 0.2) is 49.1 Å². The van der Waals surface area contributed by atoms with Crippen molar-refractivity contribution in [3.05, 3.63) is 56.5 Å². The van der Waals surface area contributed by atoms with Crippen LogP contribution in [0.2, 0.25) is 0 Å². The summed E-state index contributed by atoms with van der Waals surface area (Å²) in [4.78, 5) is 11.8. The van der Waals surface area contributed by atoms with Gasteiger partial charge in [-0.25, -0.2) is 4.79 Å². The van der Waals surface area contributed by atoms with Gasteiger partial charge in [0.25, 0.3) is 0 Å². The molecule has 0 fully saturated rings. The molecule has 2 aromatic rings. The third-order valence-electron chi connectivity index (χ3n) is 2.69. The molecule has 1 heterocycles. The summed E-state index contributed by atoms with van der Waals surface area (Å²) in [5.74, 6) is 0.148. The third kappa shape index (κ3) is 2.91. The fraction of sp³-hybridized carbons (Fsp3) is 0.143. The van der Waals surface area contributed by atoms with E-state index in [0.717, 1.165) is 5.69 Å². The van der Waals surface area contributed by atoms with Crippen molar-refractivity contribution in [2.45, 2.75) is 13.8 Å². The molecule has 0 unspecified atom stereocenters. The Kier molecular flexibility index (Phi) is 4.24. The number of halogens is 1. The number of para-hydroxylation sites is 1. The number of hydrogen-bond donors (Lipinski definition) is 2. The monoisotopic (exact) mass is 336 g/mol. The highest BCUT2D eigenvalue weighted by atomic mass is 79.9. The number of nitrogens with zero attached hydrogens (tertiary/aromatic N) is 1. The van der Waals surface area contributed by atoms with Crippen molar-refractivity contribution in [2.24, 2.45) is 5.10 Å². The molecule has 5 nitrogen and oxygen atoms in total. The second-order valence-electron chi connectivity index (χ2n) is 4.16. The lowest BCUT2D eigenvalue weighted by Crippen LogP contribution is -2.15. The van der Waals surface area contributed by atoms with Crippen molar-refractivity contribution < 1.29 is 9.52 Å². The Hall–Kier alpha value is -2.08. The normalized spacial score (nSPS) is 11.4. The van der Waals surface area contributed by atoms with Crippen molar-refractivity contribution in [3.63, 3.8) is 0 Å². The van der Waals surface area contributed by atoms with Gasteiger partial charge in [-0.15, -0.1) is 0 Å². The molecule has 0 spiro atoms. The van der Waals surface area contributed by atoms with Crippen molar-refractivity contribution >= 4 is 27.3 Å². The molecule has 1 aromatic heterocycles. The molecule has 0 saturated carbocycles. The minimum Gasteiger partial charge on any atom is -0.506 e. The first-order valence-electron chi connectivity index (χ1n) is 5.88. The lowest BCUT2D eigenvalue weighted by molar-refractivity contribution is 0.426. The van der Waals surface area contributed by atoms with Crippen molar-refractivity contribution in [1.82, 2.24) is 0 Å². The highest BCUT2D eigenvalue weighted by Gasteiger charge is 2.17. The maximum Gasteiger partial charge on any atom is 0.349 e. The minimum atomic E-state index is -0.626. The molecule has 0 atom stereocenters. The number of hydrogen-bond acceptors (Lipinski definition) is 5. The van der Waals surface area contributed by atoms with E-state index in [2.05, 4.69) is 26.5 Å². The first kappa shape index (κ1) is 14.3. The van der Waals surface area contributed by atoms with E-state index in [-0.39, 0.29) is 11.3 Å². The predicted molar refractivity (Wildman–Crippen MR) is 81.4 cm³/mol. The first-order chi connectivity index (χ1) is 9.50. The number of anilines is 1. The largest absolute Gasteiger partial charge is 0.506 e. The second kappa shape index (κ2) is 5.92. The Morgan fingerprint density at radius 2 is 2.00 bits per heavy atom. The fourth-order valence-electron chi connectivity index (χ4n) is 1.64. The molecule has 104 valence electrons. The van der Waals surface area contributed by atoms with E-state index in [1.165, 1.54) is 0 Å². The zero-order valence-electron chi connectivity index (χ0n) is 11.0. The highest BCUT2D eigenvalue weighted by molar-refractivity contribution is 9.10. The molecular weight excluding hydrogens is 324 g/mol.